The zero-order chi connectivity index (χ0) is 38.6. The number of pyridine rings is 1. The quantitative estimate of drug-likeness (QED) is 0.162. The van der Waals surface area contributed by atoms with E-state index in [0.29, 0.717) is 0 Å². The summed E-state index contributed by atoms with van der Waals surface area (Å²) >= 11 is 0. The van der Waals surface area contributed by atoms with E-state index in [-0.39, 0.29) is 5.41 Å². The summed E-state index contributed by atoms with van der Waals surface area (Å²) in [5, 5.41) is 2.42. The van der Waals surface area contributed by atoms with E-state index in [2.05, 4.69) is 217 Å². The third-order valence-corrected chi connectivity index (χ3v) is 12.1. The Kier molecular flexibility index (Phi) is 7.94. The van der Waals surface area contributed by atoms with Crippen molar-refractivity contribution in [3.8, 4) is 39.2 Å². The van der Waals surface area contributed by atoms with Gasteiger partial charge in [0.1, 0.15) is 5.82 Å². The minimum absolute atomic E-state index is 0.258. The highest BCUT2D eigenvalue weighted by atomic mass is 15.1. The molecular weight excluding hydrogens is 703 g/mol. The molecule has 2 heterocycles. The number of fused-ring (bicyclic) bond motifs is 6. The van der Waals surface area contributed by atoms with Crippen molar-refractivity contribution in [2.24, 2.45) is 0 Å². The normalized spacial score (nSPS) is 12.7. The molecule has 0 radical (unpaired) electrons. The van der Waals surface area contributed by atoms with Gasteiger partial charge in [-0.1, -0.05) is 146 Å². The molecule has 0 unspecified atom stereocenters. The van der Waals surface area contributed by atoms with Crippen LogP contribution in [0.5, 0.6) is 0 Å². The van der Waals surface area contributed by atoms with E-state index in [1.165, 1.54) is 55.3 Å². The van der Waals surface area contributed by atoms with Gasteiger partial charge in [-0.15, -0.1) is 0 Å². The Bertz CT molecular complexity index is 3060. The predicted molar refractivity (Wildman–Crippen MR) is 242 cm³/mol. The Labute approximate surface area is 338 Å². The lowest BCUT2D eigenvalue weighted by molar-refractivity contribution is 0.714. The molecule has 0 fully saturated rings. The second-order valence-electron chi connectivity index (χ2n) is 15.3. The fourth-order valence-electron chi connectivity index (χ4n) is 9.30. The van der Waals surface area contributed by atoms with Crippen LogP contribution < -0.4 is 4.90 Å². The first-order valence-electron chi connectivity index (χ1n) is 20.0. The topological polar surface area (TPSA) is 21.1 Å². The molecule has 1 aliphatic carbocycles. The van der Waals surface area contributed by atoms with E-state index in [9.17, 15) is 0 Å². The van der Waals surface area contributed by atoms with Crippen molar-refractivity contribution in [2.75, 3.05) is 4.90 Å². The molecule has 10 aromatic rings. The number of nitrogens with zero attached hydrogens (tertiary/aromatic N) is 3. The Hall–Kier alpha value is -7.49. The van der Waals surface area contributed by atoms with Crippen LogP contribution in [0.3, 0.4) is 0 Å². The zero-order valence-corrected chi connectivity index (χ0v) is 32.1. The van der Waals surface area contributed by atoms with Gasteiger partial charge in [-0.3, -0.25) is 4.57 Å². The number of aromatic nitrogens is 2. The number of hydrogen-bond donors (Lipinski definition) is 0. The van der Waals surface area contributed by atoms with Crippen LogP contribution in [0, 0.1) is 0 Å². The number of benzene rings is 8. The number of anilines is 3. The Morgan fingerprint density at radius 2 is 0.983 bits per heavy atom. The van der Waals surface area contributed by atoms with Gasteiger partial charge >= 0.3 is 0 Å². The van der Waals surface area contributed by atoms with Crippen LogP contribution in [-0.2, 0) is 5.41 Å². The van der Waals surface area contributed by atoms with Crippen LogP contribution in [0.15, 0.2) is 219 Å². The molecular formula is C55H39N3. The highest BCUT2D eigenvalue weighted by Gasteiger charge is 2.40. The van der Waals surface area contributed by atoms with Gasteiger partial charge in [-0.25, -0.2) is 4.98 Å². The predicted octanol–water partition coefficient (Wildman–Crippen LogP) is 14.3. The molecule has 58 heavy (non-hydrogen) atoms. The standard InChI is InChI=1S/C55H39N3/c1-55(50-21-8-5-18-46(50)47-19-6-9-22-51(47)55)42-28-32-44(33-29-42)57(43-30-25-39(26-31-43)38-14-3-2-4-15-38)45-17-13-16-40(36-45)41-27-34-53-49(37-41)48-20-7-10-23-52(48)58(53)54-24-11-12-35-56-54/h2-37H,1H3. The minimum Gasteiger partial charge on any atom is -0.310 e. The Morgan fingerprint density at radius 3 is 1.71 bits per heavy atom. The summed E-state index contributed by atoms with van der Waals surface area (Å²) in [5.74, 6) is 0.915. The molecule has 0 aliphatic heterocycles. The number of para-hydroxylation sites is 1. The molecule has 274 valence electrons. The summed E-state index contributed by atoms with van der Waals surface area (Å²) in [4.78, 5) is 7.10. The molecule has 0 saturated carbocycles. The molecule has 3 heteroatoms. The first-order valence-corrected chi connectivity index (χ1v) is 20.0. The lowest BCUT2D eigenvalue weighted by Gasteiger charge is -2.30. The molecule has 2 aromatic heterocycles. The van der Waals surface area contributed by atoms with Crippen molar-refractivity contribution in [2.45, 2.75) is 12.3 Å². The molecule has 3 nitrogen and oxygen atoms in total. The SMILES string of the molecule is CC1(c2ccc(N(c3ccc(-c4ccccc4)cc3)c3cccc(-c4ccc5c(c4)c4ccccc4n5-c4ccccn4)c3)cc2)c2ccccc2-c2ccccc21. The molecule has 0 atom stereocenters. The highest BCUT2D eigenvalue weighted by Crippen LogP contribution is 2.52. The molecule has 1 aliphatic rings. The monoisotopic (exact) mass is 741 g/mol. The van der Waals surface area contributed by atoms with Crippen molar-refractivity contribution in [3.05, 3.63) is 235 Å². The van der Waals surface area contributed by atoms with Gasteiger partial charge in [0.15, 0.2) is 0 Å². The van der Waals surface area contributed by atoms with Crippen LogP contribution in [0.25, 0.3) is 61.0 Å². The van der Waals surface area contributed by atoms with Crippen molar-refractivity contribution in [1.29, 1.82) is 0 Å². The molecule has 0 amide bonds. The summed E-state index contributed by atoms with van der Waals surface area (Å²) in [7, 11) is 0. The summed E-state index contributed by atoms with van der Waals surface area (Å²) in [5.41, 5.74) is 16.7. The first-order chi connectivity index (χ1) is 28.6. The van der Waals surface area contributed by atoms with E-state index < -0.39 is 0 Å². The lowest BCUT2D eigenvalue weighted by Crippen LogP contribution is -2.22. The number of rotatable bonds is 7. The highest BCUT2D eigenvalue weighted by molar-refractivity contribution is 6.10. The van der Waals surface area contributed by atoms with E-state index in [1.54, 1.807) is 0 Å². The Balaban J connectivity index is 1.03. The van der Waals surface area contributed by atoms with E-state index in [1.807, 2.05) is 18.3 Å². The third kappa shape index (κ3) is 5.39. The van der Waals surface area contributed by atoms with E-state index >= 15 is 0 Å². The fourth-order valence-corrected chi connectivity index (χ4v) is 9.30. The summed E-state index contributed by atoms with van der Waals surface area (Å²) < 4.78 is 2.26. The zero-order valence-electron chi connectivity index (χ0n) is 32.1. The van der Waals surface area contributed by atoms with Gasteiger partial charge in [-0.2, -0.15) is 0 Å². The maximum absolute atomic E-state index is 4.72. The summed E-state index contributed by atoms with van der Waals surface area (Å²) in [6, 6.07) is 77.0. The van der Waals surface area contributed by atoms with Crippen molar-refractivity contribution in [1.82, 2.24) is 9.55 Å². The fraction of sp³-hybridized carbons (Fsp3) is 0.0364. The molecule has 8 aromatic carbocycles. The van der Waals surface area contributed by atoms with Crippen molar-refractivity contribution < 1.29 is 0 Å². The van der Waals surface area contributed by atoms with E-state index in [4.69, 9.17) is 4.98 Å². The largest absolute Gasteiger partial charge is 0.310 e. The third-order valence-electron chi connectivity index (χ3n) is 12.1. The van der Waals surface area contributed by atoms with Crippen LogP contribution in [0.1, 0.15) is 23.6 Å². The molecule has 0 N–H and O–H groups in total. The van der Waals surface area contributed by atoms with Crippen LogP contribution in [0.4, 0.5) is 17.1 Å². The van der Waals surface area contributed by atoms with Gasteiger partial charge in [0, 0.05) is 39.4 Å². The summed E-state index contributed by atoms with van der Waals surface area (Å²) in [6.07, 6.45) is 1.86. The Morgan fingerprint density at radius 1 is 0.414 bits per heavy atom. The maximum atomic E-state index is 4.72. The lowest BCUT2D eigenvalue weighted by atomic mass is 9.74. The van der Waals surface area contributed by atoms with Gasteiger partial charge < -0.3 is 4.90 Å². The summed E-state index contributed by atoms with van der Waals surface area (Å²) in [6.45, 7) is 2.38. The second kappa shape index (κ2) is 13.6. The molecule has 0 saturated heterocycles. The second-order valence-corrected chi connectivity index (χ2v) is 15.3. The van der Waals surface area contributed by atoms with Crippen molar-refractivity contribution >= 4 is 38.9 Å². The smallest absolute Gasteiger partial charge is 0.137 e. The minimum atomic E-state index is -0.258. The van der Waals surface area contributed by atoms with Gasteiger partial charge in [0.05, 0.1) is 11.0 Å². The molecule has 11 rings (SSSR count). The maximum Gasteiger partial charge on any atom is 0.137 e. The van der Waals surface area contributed by atoms with Crippen LogP contribution >= 0.6 is 0 Å². The first kappa shape index (κ1) is 33.8. The van der Waals surface area contributed by atoms with Crippen LogP contribution in [0.2, 0.25) is 0 Å². The van der Waals surface area contributed by atoms with Gasteiger partial charge in [0.2, 0.25) is 0 Å². The van der Waals surface area contributed by atoms with Gasteiger partial charge in [-0.05, 0) is 124 Å². The van der Waals surface area contributed by atoms with Crippen molar-refractivity contribution in [3.63, 3.8) is 0 Å². The van der Waals surface area contributed by atoms with Gasteiger partial charge in [0.25, 0.3) is 0 Å². The molecule has 0 spiro atoms. The average Bonchev–Trinajstić information content (AvgIpc) is 3.77. The van der Waals surface area contributed by atoms with E-state index in [0.717, 1.165) is 39.5 Å². The number of hydrogen-bond acceptors (Lipinski definition) is 2. The molecule has 0 bridgehead atoms. The van der Waals surface area contributed by atoms with Crippen LogP contribution in [-0.4, -0.2) is 9.55 Å². The average molecular weight is 742 g/mol.